The Balaban J connectivity index is 1.94. The number of nitrogens with zero attached hydrogens (tertiary/aromatic N) is 2. The van der Waals surface area contributed by atoms with E-state index < -0.39 is 52.3 Å². The number of hydrogen-bond acceptors (Lipinski definition) is 6. The first-order valence-electron chi connectivity index (χ1n) is 10.2. The number of aliphatic carboxylic acids is 1. The summed E-state index contributed by atoms with van der Waals surface area (Å²) < 4.78 is 44.1. The maximum atomic E-state index is 13.3. The lowest BCUT2D eigenvalue weighted by Crippen LogP contribution is -2.54. The lowest BCUT2D eigenvalue weighted by molar-refractivity contribution is -0.138. The fourth-order valence-electron chi connectivity index (χ4n) is 3.73. The number of benzene rings is 2. The van der Waals surface area contributed by atoms with Gasteiger partial charge in [0.15, 0.2) is 6.17 Å². The van der Waals surface area contributed by atoms with Crippen molar-refractivity contribution in [2.24, 2.45) is 0 Å². The van der Waals surface area contributed by atoms with Gasteiger partial charge in [0.05, 0.1) is 25.8 Å². The molecule has 34 heavy (non-hydrogen) atoms. The van der Waals surface area contributed by atoms with E-state index in [0.717, 1.165) is 27.6 Å². The van der Waals surface area contributed by atoms with Gasteiger partial charge in [-0.2, -0.15) is 4.31 Å². The molecule has 0 bridgehead atoms. The van der Waals surface area contributed by atoms with Crippen molar-refractivity contribution in [1.29, 1.82) is 0 Å². The highest BCUT2D eigenvalue weighted by Gasteiger charge is 2.45. The number of amides is 2. The number of methoxy groups -OCH3 is 1. The zero-order valence-electron chi connectivity index (χ0n) is 18.5. The Morgan fingerprint density at radius 1 is 1.18 bits per heavy atom. The summed E-state index contributed by atoms with van der Waals surface area (Å²) in [5.74, 6) is -2.84. The molecule has 2 unspecified atom stereocenters. The van der Waals surface area contributed by atoms with Crippen molar-refractivity contribution < 1.29 is 37.0 Å². The lowest BCUT2D eigenvalue weighted by Gasteiger charge is -2.29. The number of halogens is 1. The number of carbonyl (C=O) groups is 3. The van der Waals surface area contributed by atoms with Gasteiger partial charge in [0.25, 0.3) is 11.8 Å². The zero-order chi connectivity index (χ0) is 25.0. The average molecular weight is 494 g/mol. The molecule has 0 spiro atoms. The maximum absolute atomic E-state index is 13.3. The molecule has 12 heteroatoms. The normalized spacial score (nSPS) is 17.3. The van der Waals surface area contributed by atoms with Gasteiger partial charge in [0.1, 0.15) is 11.6 Å². The number of carboxylic acid groups (broad SMARTS) is 1. The molecule has 2 aromatic rings. The van der Waals surface area contributed by atoms with Crippen molar-refractivity contribution in [2.45, 2.75) is 18.6 Å². The molecule has 1 fully saturated rings. The summed E-state index contributed by atoms with van der Waals surface area (Å²) in [5, 5.41) is 11.8. The summed E-state index contributed by atoms with van der Waals surface area (Å²) in [6.45, 7) is -0.173. The number of carboxylic acids is 1. The minimum atomic E-state index is -3.90. The van der Waals surface area contributed by atoms with Crippen molar-refractivity contribution >= 4 is 27.8 Å². The lowest BCUT2D eigenvalue weighted by atomic mass is 10.0. The van der Waals surface area contributed by atoms with E-state index in [0.29, 0.717) is 11.3 Å². The summed E-state index contributed by atoms with van der Waals surface area (Å²) in [7, 11) is -2.47. The molecule has 0 saturated carbocycles. The van der Waals surface area contributed by atoms with E-state index >= 15 is 0 Å². The standard InChI is InChI=1S/C22H24FN3O7S/c1-33-17-5-3-4-15(12-17)22(30)25-10-11-26(34(2,31)32)21(25)20(29)24-18(13-19(27)28)14-6-8-16(23)9-7-14/h3-9,12,18,21H,10-11,13H2,1-2H3,(H,24,29)(H,27,28). The molecule has 2 atom stereocenters. The second-order valence-electron chi connectivity index (χ2n) is 7.69. The van der Waals surface area contributed by atoms with Crippen molar-refractivity contribution in [2.75, 3.05) is 26.5 Å². The van der Waals surface area contributed by atoms with Crippen LogP contribution in [0.1, 0.15) is 28.4 Å². The second-order valence-corrected chi connectivity index (χ2v) is 9.62. The third-order valence-electron chi connectivity index (χ3n) is 5.33. The van der Waals surface area contributed by atoms with Crippen molar-refractivity contribution in [3.63, 3.8) is 0 Å². The molecule has 2 amide bonds. The Hall–Kier alpha value is -3.51. The first kappa shape index (κ1) is 25.1. The fraction of sp³-hybridized carbons (Fsp3) is 0.318. The number of sulfonamides is 1. The highest BCUT2D eigenvalue weighted by molar-refractivity contribution is 7.88. The van der Waals surface area contributed by atoms with Gasteiger partial charge >= 0.3 is 5.97 Å². The molecule has 182 valence electrons. The number of nitrogens with one attached hydrogen (secondary N) is 1. The minimum Gasteiger partial charge on any atom is -0.497 e. The van der Waals surface area contributed by atoms with Gasteiger partial charge in [0.2, 0.25) is 10.0 Å². The van der Waals surface area contributed by atoms with E-state index in [9.17, 15) is 32.3 Å². The quantitative estimate of drug-likeness (QED) is 0.565. The highest BCUT2D eigenvalue weighted by Crippen LogP contribution is 2.25. The van der Waals surface area contributed by atoms with Crippen LogP contribution in [-0.4, -0.2) is 73.1 Å². The van der Waals surface area contributed by atoms with E-state index in [1.807, 2.05) is 0 Å². The van der Waals surface area contributed by atoms with Crippen LogP contribution in [0.3, 0.4) is 0 Å². The van der Waals surface area contributed by atoms with Crippen LogP contribution in [0, 0.1) is 5.82 Å². The SMILES string of the molecule is COc1cccc(C(=O)N2CCN(S(C)(=O)=O)C2C(=O)NC(CC(=O)O)c2ccc(F)cc2)c1. The molecule has 0 aromatic heterocycles. The first-order chi connectivity index (χ1) is 16.0. The molecular formula is C22H24FN3O7S. The molecule has 1 heterocycles. The largest absolute Gasteiger partial charge is 0.497 e. The van der Waals surface area contributed by atoms with Gasteiger partial charge in [-0.05, 0) is 35.9 Å². The van der Waals surface area contributed by atoms with Crippen LogP contribution >= 0.6 is 0 Å². The first-order valence-corrected chi connectivity index (χ1v) is 12.1. The molecule has 1 saturated heterocycles. The van der Waals surface area contributed by atoms with Crippen LogP contribution in [0.25, 0.3) is 0 Å². The Morgan fingerprint density at radius 2 is 1.85 bits per heavy atom. The maximum Gasteiger partial charge on any atom is 0.305 e. The minimum absolute atomic E-state index is 0.0542. The predicted molar refractivity (Wildman–Crippen MR) is 119 cm³/mol. The van der Waals surface area contributed by atoms with E-state index in [-0.39, 0.29) is 18.7 Å². The molecule has 1 aliphatic heterocycles. The molecule has 0 aliphatic carbocycles. The van der Waals surface area contributed by atoms with E-state index in [4.69, 9.17) is 4.74 Å². The van der Waals surface area contributed by atoms with Crippen LogP contribution in [0.15, 0.2) is 48.5 Å². The molecule has 2 aromatic carbocycles. The number of carbonyl (C=O) groups excluding carboxylic acids is 2. The highest BCUT2D eigenvalue weighted by atomic mass is 32.2. The summed E-state index contributed by atoms with van der Waals surface area (Å²) in [4.78, 5) is 39.0. The molecule has 10 nitrogen and oxygen atoms in total. The molecule has 0 radical (unpaired) electrons. The Bertz CT molecular complexity index is 1190. The third-order valence-corrected chi connectivity index (χ3v) is 6.57. The van der Waals surface area contributed by atoms with Crippen LogP contribution in [-0.2, 0) is 19.6 Å². The van der Waals surface area contributed by atoms with Gasteiger partial charge in [-0.1, -0.05) is 18.2 Å². The monoisotopic (exact) mass is 493 g/mol. The molecular weight excluding hydrogens is 469 g/mol. The van der Waals surface area contributed by atoms with Gasteiger partial charge in [0, 0.05) is 18.7 Å². The van der Waals surface area contributed by atoms with Crippen LogP contribution < -0.4 is 10.1 Å². The zero-order valence-corrected chi connectivity index (χ0v) is 19.3. The van der Waals surface area contributed by atoms with Gasteiger partial charge < -0.3 is 20.1 Å². The van der Waals surface area contributed by atoms with Crippen LogP contribution in [0.4, 0.5) is 4.39 Å². The van der Waals surface area contributed by atoms with E-state index in [1.165, 1.54) is 31.4 Å². The molecule has 1 aliphatic rings. The Morgan fingerprint density at radius 3 is 2.44 bits per heavy atom. The van der Waals surface area contributed by atoms with E-state index in [2.05, 4.69) is 5.32 Å². The Kier molecular flexibility index (Phi) is 7.52. The van der Waals surface area contributed by atoms with Crippen molar-refractivity contribution in [3.8, 4) is 5.75 Å². The Labute approximate surface area is 196 Å². The summed E-state index contributed by atoms with van der Waals surface area (Å²) in [6, 6.07) is 10.00. The smallest absolute Gasteiger partial charge is 0.305 e. The predicted octanol–water partition coefficient (Wildman–Crippen LogP) is 1.21. The summed E-state index contributed by atoms with van der Waals surface area (Å²) >= 11 is 0. The third kappa shape index (κ3) is 5.69. The topological polar surface area (TPSA) is 133 Å². The van der Waals surface area contributed by atoms with E-state index in [1.54, 1.807) is 12.1 Å². The second kappa shape index (κ2) is 10.2. The van der Waals surface area contributed by atoms with Crippen molar-refractivity contribution in [1.82, 2.24) is 14.5 Å². The van der Waals surface area contributed by atoms with Gasteiger partial charge in [-0.15, -0.1) is 0 Å². The van der Waals surface area contributed by atoms with Gasteiger partial charge in [-0.25, -0.2) is 12.8 Å². The van der Waals surface area contributed by atoms with Crippen LogP contribution in [0.5, 0.6) is 5.75 Å². The average Bonchev–Trinajstić information content (AvgIpc) is 3.24. The summed E-state index contributed by atoms with van der Waals surface area (Å²) in [6.07, 6.45) is -1.15. The van der Waals surface area contributed by atoms with Gasteiger partial charge in [-0.3, -0.25) is 14.4 Å². The molecule has 3 rings (SSSR count). The van der Waals surface area contributed by atoms with Crippen molar-refractivity contribution in [3.05, 3.63) is 65.5 Å². The summed E-state index contributed by atoms with van der Waals surface area (Å²) in [5.41, 5.74) is 0.500. The number of ether oxygens (including phenoxy) is 1. The number of rotatable bonds is 8. The fourth-order valence-corrected chi connectivity index (χ4v) is 4.71. The number of hydrogen-bond donors (Lipinski definition) is 2. The van der Waals surface area contributed by atoms with Crippen LogP contribution in [0.2, 0.25) is 0 Å². The molecule has 2 N–H and O–H groups in total.